The van der Waals surface area contributed by atoms with E-state index in [1.54, 1.807) is 0 Å². The number of unbranched alkanes of at least 4 members (excludes halogenated alkanes) is 3. The van der Waals surface area contributed by atoms with Crippen LogP contribution in [0.4, 0.5) is 0 Å². The van der Waals surface area contributed by atoms with Crippen molar-refractivity contribution in [2.24, 2.45) is 11.3 Å². The van der Waals surface area contributed by atoms with Crippen molar-refractivity contribution in [1.29, 1.82) is 0 Å². The third kappa shape index (κ3) is 5.13. The molecule has 1 saturated carbocycles. The van der Waals surface area contributed by atoms with Gasteiger partial charge in [-0.05, 0) is 44.4 Å². The van der Waals surface area contributed by atoms with Crippen LogP contribution in [0.3, 0.4) is 0 Å². The lowest BCUT2D eigenvalue weighted by atomic mass is 9.67. The van der Waals surface area contributed by atoms with Gasteiger partial charge in [-0.2, -0.15) is 0 Å². The zero-order valence-corrected chi connectivity index (χ0v) is 12.4. The van der Waals surface area contributed by atoms with Crippen molar-refractivity contribution in [1.82, 2.24) is 0 Å². The Balaban J connectivity index is 2.37. The molecule has 3 heteroatoms. The number of carboxylic acid groups (broad SMARTS) is 1. The van der Waals surface area contributed by atoms with Gasteiger partial charge in [0.05, 0.1) is 5.41 Å². The predicted molar refractivity (Wildman–Crippen MR) is 77.1 cm³/mol. The van der Waals surface area contributed by atoms with Crippen molar-refractivity contribution < 1.29 is 15.0 Å². The summed E-state index contributed by atoms with van der Waals surface area (Å²) in [4.78, 5) is 11.6. The largest absolute Gasteiger partial charge is 0.481 e. The SMILES string of the molecule is CCCC1CCC(CCCCCCO)(C(=O)O)CC1. The number of hydrogen-bond acceptors (Lipinski definition) is 2. The van der Waals surface area contributed by atoms with Gasteiger partial charge in [0.25, 0.3) is 0 Å². The molecule has 0 atom stereocenters. The Morgan fingerprint density at radius 1 is 1.16 bits per heavy atom. The van der Waals surface area contributed by atoms with E-state index in [1.165, 1.54) is 12.8 Å². The van der Waals surface area contributed by atoms with Crippen LogP contribution in [0.2, 0.25) is 0 Å². The number of hydrogen-bond donors (Lipinski definition) is 2. The minimum Gasteiger partial charge on any atom is -0.481 e. The first-order chi connectivity index (χ1) is 9.14. The Morgan fingerprint density at radius 3 is 2.32 bits per heavy atom. The van der Waals surface area contributed by atoms with Crippen molar-refractivity contribution in [2.75, 3.05) is 6.61 Å². The van der Waals surface area contributed by atoms with Crippen molar-refractivity contribution in [3.63, 3.8) is 0 Å². The van der Waals surface area contributed by atoms with Crippen LogP contribution in [0.15, 0.2) is 0 Å². The summed E-state index contributed by atoms with van der Waals surface area (Å²) in [6.45, 7) is 2.46. The molecule has 0 aromatic rings. The van der Waals surface area contributed by atoms with E-state index < -0.39 is 11.4 Å². The summed E-state index contributed by atoms with van der Waals surface area (Å²) in [5.74, 6) is 0.177. The minimum atomic E-state index is -0.579. The first kappa shape index (κ1) is 16.5. The fourth-order valence-electron chi connectivity index (χ4n) is 3.43. The van der Waals surface area contributed by atoms with Gasteiger partial charge in [0, 0.05) is 6.61 Å². The van der Waals surface area contributed by atoms with Gasteiger partial charge < -0.3 is 10.2 Å². The topological polar surface area (TPSA) is 57.5 Å². The number of carbonyl (C=O) groups is 1. The van der Waals surface area contributed by atoms with Crippen LogP contribution in [-0.2, 0) is 4.79 Å². The van der Waals surface area contributed by atoms with Crippen molar-refractivity contribution in [3.8, 4) is 0 Å². The molecule has 0 amide bonds. The second-order valence-electron chi connectivity index (χ2n) is 6.21. The van der Waals surface area contributed by atoms with Crippen LogP contribution in [0.1, 0.15) is 77.6 Å². The molecule has 0 aliphatic heterocycles. The molecule has 0 aromatic carbocycles. The monoisotopic (exact) mass is 270 g/mol. The second-order valence-corrected chi connectivity index (χ2v) is 6.21. The Hall–Kier alpha value is -0.570. The molecule has 1 aliphatic rings. The van der Waals surface area contributed by atoms with Gasteiger partial charge in [-0.25, -0.2) is 0 Å². The summed E-state index contributed by atoms with van der Waals surface area (Å²) in [7, 11) is 0. The summed E-state index contributed by atoms with van der Waals surface area (Å²) in [5.41, 5.74) is -0.441. The number of rotatable bonds is 9. The Bertz CT molecular complexity index is 255. The summed E-state index contributed by atoms with van der Waals surface area (Å²) in [5, 5.41) is 18.3. The van der Waals surface area contributed by atoms with Crippen molar-refractivity contribution in [2.45, 2.75) is 77.6 Å². The van der Waals surface area contributed by atoms with E-state index >= 15 is 0 Å². The smallest absolute Gasteiger partial charge is 0.309 e. The van der Waals surface area contributed by atoms with Gasteiger partial charge in [0.1, 0.15) is 0 Å². The van der Waals surface area contributed by atoms with Crippen LogP contribution < -0.4 is 0 Å². The van der Waals surface area contributed by atoms with Gasteiger partial charge in [-0.3, -0.25) is 4.79 Å². The fraction of sp³-hybridized carbons (Fsp3) is 0.938. The Morgan fingerprint density at radius 2 is 1.79 bits per heavy atom. The summed E-state index contributed by atoms with van der Waals surface area (Å²) in [6.07, 6.45) is 11.1. The molecule has 0 aromatic heterocycles. The normalized spacial score (nSPS) is 27.4. The van der Waals surface area contributed by atoms with Gasteiger partial charge in [-0.15, -0.1) is 0 Å². The molecule has 0 saturated heterocycles. The molecule has 1 rings (SSSR count). The molecule has 2 N–H and O–H groups in total. The number of carboxylic acids is 1. The lowest BCUT2D eigenvalue weighted by molar-refractivity contribution is -0.152. The van der Waals surface area contributed by atoms with Crippen molar-refractivity contribution >= 4 is 5.97 Å². The highest BCUT2D eigenvalue weighted by Crippen LogP contribution is 2.44. The molecular formula is C16H30O3. The number of aliphatic carboxylic acids is 1. The van der Waals surface area contributed by atoms with Crippen molar-refractivity contribution in [3.05, 3.63) is 0 Å². The lowest BCUT2D eigenvalue weighted by Gasteiger charge is -2.37. The summed E-state index contributed by atoms with van der Waals surface area (Å²) >= 11 is 0. The van der Waals surface area contributed by atoms with Crippen LogP contribution in [0, 0.1) is 11.3 Å². The van der Waals surface area contributed by atoms with E-state index in [4.69, 9.17) is 5.11 Å². The molecule has 19 heavy (non-hydrogen) atoms. The van der Waals surface area contributed by atoms with Gasteiger partial charge >= 0.3 is 5.97 Å². The van der Waals surface area contributed by atoms with E-state index in [0.29, 0.717) is 0 Å². The highest BCUT2D eigenvalue weighted by atomic mass is 16.4. The highest BCUT2D eigenvalue weighted by Gasteiger charge is 2.40. The minimum absolute atomic E-state index is 0.253. The first-order valence-electron chi connectivity index (χ1n) is 7.99. The quantitative estimate of drug-likeness (QED) is 0.623. The molecular weight excluding hydrogens is 240 g/mol. The van der Waals surface area contributed by atoms with Gasteiger partial charge in [0.2, 0.25) is 0 Å². The van der Waals surface area contributed by atoms with E-state index in [-0.39, 0.29) is 6.61 Å². The molecule has 0 spiro atoms. The molecule has 1 aliphatic carbocycles. The molecule has 1 fully saturated rings. The average Bonchev–Trinajstić information content (AvgIpc) is 2.40. The van der Waals surface area contributed by atoms with Gasteiger partial charge in [0.15, 0.2) is 0 Å². The zero-order chi connectivity index (χ0) is 14.1. The second kappa shape index (κ2) is 8.57. The fourth-order valence-corrected chi connectivity index (χ4v) is 3.43. The Labute approximate surface area is 117 Å². The maximum Gasteiger partial charge on any atom is 0.309 e. The van der Waals surface area contributed by atoms with Crippen LogP contribution in [0.25, 0.3) is 0 Å². The first-order valence-corrected chi connectivity index (χ1v) is 7.99. The third-order valence-electron chi connectivity index (χ3n) is 4.78. The maximum atomic E-state index is 11.6. The zero-order valence-electron chi connectivity index (χ0n) is 12.4. The highest BCUT2D eigenvalue weighted by molar-refractivity contribution is 5.74. The molecule has 0 radical (unpaired) electrons. The molecule has 112 valence electrons. The summed E-state index contributed by atoms with van der Waals surface area (Å²) in [6, 6.07) is 0. The lowest BCUT2D eigenvalue weighted by Crippen LogP contribution is -2.35. The van der Waals surface area contributed by atoms with E-state index in [2.05, 4.69) is 6.92 Å². The standard InChI is InChI=1S/C16H30O3/c1-2-7-14-8-11-16(12-9-14,15(18)19)10-5-3-4-6-13-17/h14,17H,2-13H2,1H3,(H,18,19). The summed E-state index contributed by atoms with van der Waals surface area (Å²) < 4.78 is 0. The van der Waals surface area contributed by atoms with E-state index in [0.717, 1.165) is 63.7 Å². The molecule has 0 bridgehead atoms. The molecule has 0 heterocycles. The average molecular weight is 270 g/mol. The van der Waals surface area contributed by atoms with Crippen LogP contribution >= 0.6 is 0 Å². The third-order valence-corrected chi connectivity index (χ3v) is 4.78. The predicted octanol–water partition coefficient (Wildman–Crippen LogP) is 3.99. The molecule has 0 unspecified atom stereocenters. The maximum absolute atomic E-state index is 11.6. The van der Waals surface area contributed by atoms with E-state index in [9.17, 15) is 9.90 Å². The molecule has 3 nitrogen and oxygen atoms in total. The van der Waals surface area contributed by atoms with E-state index in [1.807, 2.05) is 0 Å². The number of aliphatic hydroxyl groups excluding tert-OH is 1. The van der Waals surface area contributed by atoms with Gasteiger partial charge in [-0.1, -0.05) is 39.0 Å². The number of aliphatic hydroxyl groups is 1. The van der Waals surface area contributed by atoms with Crippen LogP contribution in [0.5, 0.6) is 0 Å². The van der Waals surface area contributed by atoms with Crippen LogP contribution in [-0.4, -0.2) is 22.8 Å². The Kier molecular flexibility index (Phi) is 7.44.